The number of esters is 1. The quantitative estimate of drug-likeness (QED) is 0.820. The molecule has 0 spiro atoms. The van der Waals surface area contributed by atoms with Gasteiger partial charge in [-0.05, 0) is 40.2 Å². The summed E-state index contributed by atoms with van der Waals surface area (Å²) in [5.74, 6) is -0.241. The van der Waals surface area contributed by atoms with Gasteiger partial charge in [0.1, 0.15) is 6.54 Å². The first-order chi connectivity index (χ1) is 10.0. The predicted octanol–water partition coefficient (Wildman–Crippen LogP) is 0.986. The number of hydrogen-bond acceptors (Lipinski definition) is 5. The monoisotopic (exact) mass is 294 g/mol. The predicted molar refractivity (Wildman–Crippen MR) is 80.8 cm³/mol. The van der Waals surface area contributed by atoms with Gasteiger partial charge in [0.25, 0.3) is 0 Å². The maximum absolute atomic E-state index is 11.6. The average Bonchev–Trinajstić information content (AvgIpc) is 2.67. The number of likely N-dealkylation sites (tertiary alicyclic amines) is 1. The van der Waals surface area contributed by atoms with Crippen LogP contribution in [0.2, 0.25) is 0 Å². The number of carbonyl (C=O) groups is 1. The Labute approximate surface area is 126 Å². The largest absolute Gasteiger partial charge is 0.465 e. The van der Waals surface area contributed by atoms with Crippen LogP contribution in [0.5, 0.6) is 0 Å². The van der Waals surface area contributed by atoms with Crippen molar-refractivity contribution < 1.29 is 9.53 Å². The van der Waals surface area contributed by atoms with E-state index in [1.807, 2.05) is 20.8 Å². The van der Waals surface area contributed by atoms with Gasteiger partial charge in [0.05, 0.1) is 12.3 Å². The van der Waals surface area contributed by atoms with E-state index in [4.69, 9.17) is 10.5 Å². The molecule has 2 heterocycles. The van der Waals surface area contributed by atoms with Gasteiger partial charge in [-0.3, -0.25) is 14.4 Å². The lowest BCUT2D eigenvalue weighted by molar-refractivity contribution is -0.144. The fourth-order valence-electron chi connectivity index (χ4n) is 2.90. The summed E-state index contributed by atoms with van der Waals surface area (Å²) < 4.78 is 6.73. The summed E-state index contributed by atoms with van der Waals surface area (Å²) in [6, 6.07) is 0.272. The van der Waals surface area contributed by atoms with Crippen LogP contribution in [0.15, 0.2) is 0 Å². The Kier molecular flexibility index (Phi) is 5.36. The van der Waals surface area contributed by atoms with Gasteiger partial charge < -0.3 is 10.5 Å². The van der Waals surface area contributed by atoms with Crippen LogP contribution in [0.4, 0.5) is 0 Å². The first kappa shape index (κ1) is 16.0. The third kappa shape index (κ3) is 4.04. The molecule has 1 aromatic rings. The molecule has 1 atom stereocenters. The van der Waals surface area contributed by atoms with Crippen molar-refractivity contribution in [2.45, 2.75) is 52.7 Å². The molecule has 2 N–H and O–H groups in total. The maximum atomic E-state index is 11.6. The number of rotatable bonds is 5. The van der Waals surface area contributed by atoms with E-state index in [-0.39, 0.29) is 18.6 Å². The minimum Gasteiger partial charge on any atom is -0.465 e. The first-order valence-electron chi connectivity index (χ1n) is 7.67. The topological polar surface area (TPSA) is 73.4 Å². The van der Waals surface area contributed by atoms with E-state index in [9.17, 15) is 4.79 Å². The highest BCUT2D eigenvalue weighted by atomic mass is 16.5. The molecule has 1 aliphatic rings. The molecular formula is C15H26N4O2. The number of nitrogens with two attached hydrogens (primary N) is 1. The van der Waals surface area contributed by atoms with E-state index in [1.165, 1.54) is 5.56 Å². The van der Waals surface area contributed by atoms with Crippen molar-refractivity contribution in [3.8, 4) is 0 Å². The second-order valence-electron chi connectivity index (χ2n) is 5.75. The fraction of sp³-hybridized carbons (Fsp3) is 0.733. The van der Waals surface area contributed by atoms with Crippen molar-refractivity contribution in [3.05, 3.63) is 17.0 Å². The number of nitrogens with zero attached hydrogens (tertiary/aromatic N) is 3. The Bertz CT molecular complexity index is 498. The highest BCUT2D eigenvalue weighted by molar-refractivity contribution is 5.69. The van der Waals surface area contributed by atoms with Crippen LogP contribution in [0, 0.1) is 13.8 Å². The molecule has 1 aliphatic heterocycles. The summed E-state index contributed by atoms with van der Waals surface area (Å²) in [7, 11) is 0. The Morgan fingerprint density at radius 2 is 2.24 bits per heavy atom. The Morgan fingerprint density at radius 3 is 2.90 bits per heavy atom. The lowest BCUT2D eigenvalue weighted by Gasteiger charge is -2.30. The van der Waals surface area contributed by atoms with Crippen molar-refractivity contribution in [2.75, 3.05) is 19.7 Å². The van der Waals surface area contributed by atoms with Crippen LogP contribution in [-0.4, -0.2) is 46.4 Å². The smallest absolute Gasteiger partial charge is 0.327 e. The van der Waals surface area contributed by atoms with E-state index in [2.05, 4.69) is 10.00 Å². The van der Waals surface area contributed by atoms with Gasteiger partial charge in [-0.1, -0.05) is 0 Å². The van der Waals surface area contributed by atoms with E-state index in [0.29, 0.717) is 6.61 Å². The highest BCUT2D eigenvalue weighted by Gasteiger charge is 2.20. The van der Waals surface area contributed by atoms with Gasteiger partial charge in [0.2, 0.25) is 0 Å². The van der Waals surface area contributed by atoms with Gasteiger partial charge in [0.15, 0.2) is 0 Å². The second kappa shape index (κ2) is 7.04. The fourth-order valence-corrected chi connectivity index (χ4v) is 2.90. The molecule has 0 radical (unpaired) electrons. The van der Waals surface area contributed by atoms with Crippen molar-refractivity contribution >= 4 is 5.97 Å². The number of carbonyl (C=O) groups excluding carboxylic acids is 1. The average molecular weight is 294 g/mol. The van der Waals surface area contributed by atoms with Gasteiger partial charge in [-0.2, -0.15) is 5.10 Å². The van der Waals surface area contributed by atoms with E-state index in [0.717, 1.165) is 43.9 Å². The lowest BCUT2D eigenvalue weighted by Crippen LogP contribution is -2.42. The van der Waals surface area contributed by atoms with Gasteiger partial charge in [-0.15, -0.1) is 0 Å². The number of ether oxygens (including phenoxy) is 1. The second-order valence-corrected chi connectivity index (χ2v) is 5.75. The standard InChI is InChI=1S/C15H26N4O2/c1-4-21-15(20)10-19-12(3)14(11(2)17-19)9-18-7-5-6-13(16)8-18/h13H,4-10,16H2,1-3H3/t13-/m1/s1. The highest BCUT2D eigenvalue weighted by Crippen LogP contribution is 2.18. The molecule has 1 saturated heterocycles. The summed E-state index contributed by atoms with van der Waals surface area (Å²) in [5.41, 5.74) is 9.26. The normalized spacial score (nSPS) is 19.7. The van der Waals surface area contributed by atoms with Crippen LogP contribution in [-0.2, 0) is 22.6 Å². The number of hydrogen-bond donors (Lipinski definition) is 1. The molecule has 0 aromatic carbocycles. The van der Waals surface area contributed by atoms with E-state index < -0.39 is 0 Å². The Hall–Kier alpha value is -1.40. The van der Waals surface area contributed by atoms with Gasteiger partial charge in [-0.25, -0.2) is 0 Å². The SMILES string of the molecule is CCOC(=O)Cn1nc(C)c(CN2CCC[C@@H](N)C2)c1C. The van der Waals surface area contributed by atoms with Crippen molar-refractivity contribution in [1.82, 2.24) is 14.7 Å². The molecule has 0 unspecified atom stereocenters. The minimum absolute atomic E-state index is 0.181. The van der Waals surface area contributed by atoms with Gasteiger partial charge in [0, 0.05) is 30.4 Å². The van der Waals surface area contributed by atoms with E-state index >= 15 is 0 Å². The molecule has 1 fully saturated rings. The molecule has 118 valence electrons. The summed E-state index contributed by atoms with van der Waals surface area (Å²) in [6.45, 7) is 9.26. The van der Waals surface area contributed by atoms with Crippen molar-refractivity contribution in [1.29, 1.82) is 0 Å². The van der Waals surface area contributed by atoms with Crippen molar-refractivity contribution in [2.24, 2.45) is 5.73 Å². The molecule has 1 aromatic heterocycles. The summed E-state index contributed by atoms with van der Waals surface area (Å²) >= 11 is 0. The third-order valence-electron chi connectivity index (χ3n) is 4.04. The van der Waals surface area contributed by atoms with Crippen LogP contribution < -0.4 is 5.73 Å². The zero-order valence-corrected chi connectivity index (χ0v) is 13.3. The number of aromatic nitrogens is 2. The van der Waals surface area contributed by atoms with Crippen LogP contribution in [0.25, 0.3) is 0 Å². The molecule has 0 aliphatic carbocycles. The first-order valence-corrected chi connectivity index (χ1v) is 7.67. The number of aryl methyl sites for hydroxylation is 1. The van der Waals surface area contributed by atoms with Crippen LogP contribution in [0.1, 0.15) is 36.7 Å². The minimum atomic E-state index is -0.241. The third-order valence-corrected chi connectivity index (χ3v) is 4.04. The van der Waals surface area contributed by atoms with Gasteiger partial charge >= 0.3 is 5.97 Å². The number of piperidine rings is 1. The summed E-state index contributed by atoms with van der Waals surface area (Å²) in [6.07, 6.45) is 2.26. The summed E-state index contributed by atoms with van der Waals surface area (Å²) in [4.78, 5) is 14.0. The van der Waals surface area contributed by atoms with Crippen LogP contribution in [0.3, 0.4) is 0 Å². The molecule has 0 bridgehead atoms. The zero-order chi connectivity index (χ0) is 15.4. The Balaban J connectivity index is 2.06. The molecule has 21 heavy (non-hydrogen) atoms. The molecular weight excluding hydrogens is 268 g/mol. The van der Waals surface area contributed by atoms with E-state index in [1.54, 1.807) is 4.68 Å². The molecule has 6 heteroatoms. The molecule has 6 nitrogen and oxygen atoms in total. The van der Waals surface area contributed by atoms with Crippen molar-refractivity contribution in [3.63, 3.8) is 0 Å². The maximum Gasteiger partial charge on any atom is 0.327 e. The molecule has 0 saturated carbocycles. The Morgan fingerprint density at radius 1 is 1.48 bits per heavy atom. The molecule has 0 amide bonds. The molecule has 2 rings (SSSR count). The summed E-state index contributed by atoms with van der Waals surface area (Å²) in [5, 5.41) is 4.47. The van der Waals surface area contributed by atoms with Crippen LogP contribution >= 0.6 is 0 Å². The lowest BCUT2D eigenvalue weighted by atomic mass is 10.1. The zero-order valence-electron chi connectivity index (χ0n) is 13.3.